The minimum absolute atomic E-state index is 0.475. The highest BCUT2D eigenvalue weighted by Crippen LogP contribution is 2.25. The van der Waals surface area contributed by atoms with Gasteiger partial charge in [-0.2, -0.15) is 0 Å². The fourth-order valence-electron chi connectivity index (χ4n) is 2.51. The van der Waals surface area contributed by atoms with Crippen molar-refractivity contribution in [3.8, 4) is 0 Å². The molecule has 1 N–H and O–H groups in total. The van der Waals surface area contributed by atoms with Gasteiger partial charge in [0.2, 0.25) is 0 Å². The molecule has 0 heterocycles. The summed E-state index contributed by atoms with van der Waals surface area (Å²) in [5.74, 6) is 1.63. The van der Waals surface area contributed by atoms with Gasteiger partial charge in [0.05, 0.1) is 0 Å². The Hall–Kier alpha value is -0.0400. The highest BCUT2D eigenvalue weighted by Gasteiger charge is 2.15. The predicted molar refractivity (Wildman–Crippen MR) is 74.8 cm³/mol. The van der Waals surface area contributed by atoms with Crippen LogP contribution in [0.1, 0.15) is 67.7 Å². The van der Waals surface area contributed by atoms with Crippen molar-refractivity contribution >= 4 is 0 Å². The second kappa shape index (κ2) is 7.32. The van der Waals surface area contributed by atoms with E-state index in [2.05, 4.69) is 53.8 Å². The minimum Gasteiger partial charge on any atom is -0.314 e. The maximum Gasteiger partial charge on any atom is 0.00411 e. The van der Waals surface area contributed by atoms with Crippen molar-refractivity contribution in [2.24, 2.45) is 17.3 Å². The number of rotatable bonds is 7. The van der Waals surface area contributed by atoms with E-state index in [0.717, 1.165) is 11.8 Å². The van der Waals surface area contributed by atoms with E-state index in [-0.39, 0.29) is 0 Å². The molecule has 0 aromatic rings. The summed E-state index contributed by atoms with van der Waals surface area (Å²) in [6.07, 6.45) is 3.92. The van der Waals surface area contributed by atoms with E-state index in [9.17, 15) is 0 Å². The molecule has 2 atom stereocenters. The molecule has 1 nitrogen and oxygen atoms in total. The van der Waals surface area contributed by atoms with Crippen LogP contribution >= 0.6 is 0 Å². The Morgan fingerprint density at radius 1 is 1.00 bits per heavy atom. The average Bonchev–Trinajstić information content (AvgIpc) is 1.98. The van der Waals surface area contributed by atoms with E-state index < -0.39 is 0 Å². The first-order valence-corrected chi connectivity index (χ1v) is 6.94. The van der Waals surface area contributed by atoms with Crippen molar-refractivity contribution in [1.29, 1.82) is 0 Å². The van der Waals surface area contributed by atoms with Crippen LogP contribution in [0.4, 0.5) is 0 Å². The van der Waals surface area contributed by atoms with Crippen molar-refractivity contribution in [3.63, 3.8) is 0 Å². The molecule has 0 radical (unpaired) electrons. The predicted octanol–water partition coefficient (Wildman–Crippen LogP) is 4.47. The third-order valence-corrected chi connectivity index (χ3v) is 2.92. The van der Waals surface area contributed by atoms with Crippen LogP contribution in [0.15, 0.2) is 0 Å². The molecule has 0 saturated carbocycles. The molecule has 1 heteroatoms. The van der Waals surface area contributed by atoms with Crippen molar-refractivity contribution < 1.29 is 0 Å². The molecule has 0 spiro atoms. The van der Waals surface area contributed by atoms with E-state index in [1.807, 2.05) is 0 Å². The molecule has 0 aromatic heterocycles. The summed E-state index contributed by atoms with van der Waals surface area (Å²) < 4.78 is 0. The largest absolute Gasteiger partial charge is 0.314 e. The summed E-state index contributed by atoms with van der Waals surface area (Å²) in [6, 6.07) is 0.668. The lowest BCUT2D eigenvalue weighted by molar-refractivity contribution is 0.291. The van der Waals surface area contributed by atoms with Crippen LogP contribution in [0.25, 0.3) is 0 Å². The maximum atomic E-state index is 3.63. The third kappa shape index (κ3) is 10.5. The molecule has 0 fully saturated rings. The highest BCUT2D eigenvalue weighted by atomic mass is 14.9. The quantitative estimate of drug-likeness (QED) is 0.676. The molecule has 0 aliphatic heterocycles. The first-order chi connectivity index (χ1) is 7.20. The van der Waals surface area contributed by atoms with E-state index in [1.54, 1.807) is 0 Å². The third-order valence-electron chi connectivity index (χ3n) is 2.92. The van der Waals surface area contributed by atoms with Gasteiger partial charge in [0.1, 0.15) is 0 Å². The van der Waals surface area contributed by atoms with E-state index in [1.165, 1.54) is 25.8 Å². The summed E-state index contributed by atoms with van der Waals surface area (Å²) >= 11 is 0. The lowest BCUT2D eigenvalue weighted by Gasteiger charge is -2.24. The van der Waals surface area contributed by atoms with Crippen LogP contribution in [-0.2, 0) is 0 Å². The molecular weight excluding hydrogens is 194 g/mol. The first kappa shape index (κ1) is 16.0. The van der Waals surface area contributed by atoms with Crippen LogP contribution in [-0.4, -0.2) is 12.6 Å². The lowest BCUT2D eigenvalue weighted by Crippen LogP contribution is -2.29. The Kier molecular flexibility index (Phi) is 7.30. The van der Waals surface area contributed by atoms with E-state index in [0.29, 0.717) is 11.5 Å². The topological polar surface area (TPSA) is 12.0 Å². The fourth-order valence-corrected chi connectivity index (χ4v) is 2.51. The zero-order chi connectivity index (χ0) is 12.8. The van der Waals surface area contributed by atoms with Crippen LogP contribution < -0.4 is 5.32 Å². The SMILES string of the molecule is CC(C)C[C@@H](C)NCCC(C)CC(C)(C)C. The Bertz CT molecular complexity index is 167. The van der Waals surface area contributed by atoms with E-state index in [4.69, 9.17) is 0 Å². The molecule has 98 valence electrons. The van der Waals surface area contributed by atoms with Gasteiger partial charge in [0, 0.05) is 6.04 Å². The van der Waals surface area contributed by atoms with Gasteiger partial charge in [0.15, 0.2) is 0 Å². The monoisotopic (exact) mass is 227 g/mol. The van der Waals surface area contributed by atoms with Gasteiger partial charge in [-0.15, -0.1) is 0 Å². The molecule has 0 aromatic carbocycles. The second-order valence-electron chi connectivity index (χ2n) is 7.14. The summed E-state index contributed by atoms with van der Waals surface area (Å²) in [4.78, 5) is 0. The van der Waals surface area contributed by atoms with Crippen molar-refractivity contribution in [2.75, 3.05) is 6.54 Å². The zero-order valence-corrected chi connectivity index (χ0v) is 12.6. The molecule has 0 aliphatic rings. The van der Waals surface area contributed by atoms with Gasteiger partial charge in [0.25, 0.3) is 0 Å². The molecule has 0 rings (SSSR count). The molecular formula is C15H33N. The van der Waals surface area contributed by atoms with Crippen LogP contribution in [0.3, 0.4) is 0 Å². The lowest BCUT2D eigenvalue weighted by atomic mass is 9.84. The average molecular weight is 227 g/mol. The molecule has 0 bridgehead atoms. The summed E-state index contributed by atoms with van der Waals surface area (Å²) in [5.41, 5.74) is 0.475. The smallest absolute Gasteiger partial charge is 0.00411 e. The van der Waals surface area contributed by atoms with Gasteiger partial charge in [-0.05, 0) is 50.0 Å². The van der Waals surface area contributed by atoms with Crippen molar-refractivity contribution in [3.05, 3.63) is 0 Å². The summed E-state index contributed by atoms with van der Waals surface area (Å²) in [6.45, 7) is 17.4. The number of hydrogen-bond donors (Lipinski definition) is 1. The number of hydrogen-bond acceptors (Lipinski definition) is 1. The highest BCUT2D eigenvalue weighted by molar-refractivity contribution is 4.69. The maximum absolute atomic E-state index is 3.63. The van der Waals surface area contributed by atoms with E-state index >= 15 is 0 Å². The van der Waals surface area contributed by atoms with Crippen LogP contribution in [0.5, 0.6) is 0 Å². The van der Waals surface area contributed by atoms with Crippen molar-refractivity contribution in [1.82, 2.24) is 5.32 Å². The van der Waals surface area contributed by atoms with Gasteiger partial charge in [-0.3, -0.25) is 0 Å². The molecule has 1 unspecified atom stereocenters. The standard InChI is InChI=1S/C15H33N/c1-12(2)10-14(4)16-9-8-13(3)11-15(5,6)7/h12-14,16H,8-11H2,1-7H3/t13?,14-/m1/s1. The molecule has 0 aliphatic carbocycles. The first-order valence-electron chi connectivity index (χ1n) is 6.94. The van der Waals surface area contributed by atoms with Crippen LogP contribution in [0, 0.1) is 17.3 Å². The minimum atomic E-state index is 0.475. The second-order valence-corrected chi connectivity index (χ2v) is 7.14. The van der Waals surface area contributed by atoms with Gasteiger partial charge in [-0.1, -0.05) is 41.5 Å². The Balaban J connectivity index is 3.58. The summed E-state index contributed by atoms with van der Waals surface area (Å²) in [7, 11) is 0. The Morgan fingerprint density at radius 2 is 1.56 bits per heavy atom. The van der Waals surface area contributed by atoms with Gasteiger partial charge < -0.3 is 5.32 Å². The zero-order valence-electron chi connectivity index (χ0n) is 12.6. The Labute approximate surface area is 103 Å². The summed E-state index contributed by atoms with van der Waals surface area (Å²) in [5, 5.41) is 3.63. The van der Waals surface area contributed by atoms with Gasteiger partial charge >= 0.3 is 0 Å². The molecule has 0 amide bonds. The number of nitrogens with one attached hydrogen (secondary N) is 1. The van der Waals surface area contributed by atoms with Crippen molar-refractivity contribution in [2.45, 2.75) is 73.8 Å². The van der Waals surface area contributed by atoms with Gasteiger partial charge in [-0.25, -0.2) is 0 Å². The normalized spacial score (nSPS) is 16.5. The molecule has 16 heavy (non-hydrogen) atoms. The van der Waals surface area contributed by atoms with Crippen LogP contribution in [0.2, 0.25) is 0 Å². The fraction of sp³-hybridized carbons (Fsp3) is 1.00. The molecule has 0 saturated heterocycles. The Morgan fingerprint density at radius 3 is 2.00 bits per heavy atom.